The third-order valence-corrected chi connectivity index (χ3v) is 5.01. The summed E-state index contributed by atoms with van der Waals surface area (Å²) >= 11 is 0. The van der Waals surface area contributed by atoms with E-state index in [1.54, 1.807) is 13.1 Å². The Hall–Kier alpha value is -2.88. The van der Waals surface area contributed by atoms with Crippen LogP contribution in [-0.2, 0) is 16.1 Å². The van der Waals surface area contributed by atoms with Crippen LogP contribution in [0.1, 0.15) is 6.92 Å². The average molecular weight is 392 g/mol. The Morgan fingerprint density at radius 1 is 1.46 bits per heavy atom. The maximum absolute atomic E-state index is 13.3. The van der Waals surface area contributed by atoms with Crippen LogP contribution in [0, 0.1) is 0 Å². The molecule has 0 unspecified atom stereocenters. The zero-order chi connectivity index (χ0) is 19.8. The van der Waals surface area contributed by atoms with Crippen molar-refractivity contribution in [1.82, 2.24) is 9.55 Å². The van der Waals surface area contributed by atoms with Crippen LogP contribution in [0.25, 0.3) is 11.4 Å². The van der Waals surface area contributed by atoms with E-state index in [0.717, 1.165) is 16.9 Å². The number of carbonyl (C=O) groups is 1. The van der Waals surface area contributed by atoms with Crippen LogP contribution in [0.5, 0.6) is 0 Å². The fourth-order valence-corrected chi connectivity index (χ4v) is 3.44. The summed E-state index contributed by atoms with van der Waals surface area (Å²) in [6.07, 6.45) is -0.712. The highest BCUT2D eigenvalue weighted by Gasteiger charge is 2.35. The number of benzene rings is 1. The predicted molar refractivity (Wildman–Crippen MR) is 102 cm³/mol. The Morgan fingerprint density at radius 3 is 3.04 bits per heavy atom. The molecule has 1 fully saturated rings. The molecule has 1 saturated heterocycles. The maximum atomic E-state index is 13.3. The number of aromatic nitrogens is 2. The number of carbonyl (C=O) groups excluding carboxylic acids is 1. The number of alkyl halides is 2. The Kier molecular flexibility index (Phi) is 4.80. The fraction of sp³-hybridized carbons (Fsp3) is 0.444. The first-order valence-electron chi connectivity index (χ1n) is 9.08. The van der Waals surface area contributed by atoms with Crippen LogP contribution in [-0.4, -0.2) is 53.8 Å². The minimum atomic E-state index is -2.50. The highest BCUT2D eigenvalue weighted by molar-refractivity contribution is 5.84. The molecule has 1 amide bonds. The third-order valence-electron chi connectivity index (χ3n) is 5.01. The third kappa shape index (κ3) is 3.35. The lowest BCUT2D eigenvalue weighted by atomic mass is 10.1. The lowest BCUT2D eigenvalue weighted by Gasteiger charge is -2.21. The second kappa shape index (κ2) is 7.27. The highest BCUT2D eigenvalue weighted by atomic mass is 19.3. The summed E-state index contributed by atoms with van der Waals surface area (Å²) in [4.78, 5) is 17.4. The molecule has 2 aliphatic heterocycles. The number of nitrogens with zero attached hydrogens (tertiary/aromatic N) is 3. The number of rotatable bonds is 5. The standard InChI is InChI=1S/C18H22F2N6O2/c1-10(17(21)27)23-11-2-3-12-13(6-11)22-4-5-25-7-15(24-18(12)25)26-9-28-8-14(26)16(19)20/h2-3,6-7,10,14,16,22-23H,4-5,8-9H2,1H3,(H2,21,27)/t10-,14-/m0/s1. The average Bonchev–Trinajstić information content (AvgIpc) is 3.26. The smallest absolute Gasteiger partial charge is 0.260 e. The van der Waals surface area contributed by atoms with E-state index in [1.165, 1.54) is 4.90 Å². The van der Waals surface area contributed by atoms with Gasteiger partial charge in [-0.15, -0.1) is 0 Å². The van der Waals surface area contributed by atoms with E-state index >= 15 is 0 Å². The second-order valence-corrected chi connectivity index (χ2v) is 6.94. The minimum Gasteiger partial charge on any atom is -0.383 e. The summed E-state index contributed by atoms with van der Waals surface area (Å²) < 4.78 is 33.7. The van der Waals surface area contributed by atoms with Gasteiger partial charge in [0.2, 0.25) is 5.91 Å². The van der Waals surface area contributed by atoms with Crippen molar-refractivity contribution < 1.29 is 18.3 Å². The number of nitrogens with two attached hydrogens (primary N) is 1. The molecule has 2 aliphatic rings. The molecule has 10 heteroatoms. The van der Waals surface area contributed by atoms with Gasteiger partial charge in [-0.2, -0.15) is 0 Å². The highest BCUT2D eigenvalue weighted by Crippen LogP contribution is 2.35. The predicted octanol–water partition coefficient (Wildman–Crippen LogP) is 1.69. The molecule has 0 aliphatic carbocycles. The van der Waals surface area contributed by atoms with Gasteiger partial charge in [0.05, 0.1) is 6.61 Å². The Bertz CT molecular complexity index is 887. The molecular formula is C18H22F2N6O2. The monoisotopic (exact) mass is 392 g/mol. The molecule has 28 heavy (non-hydrogen) atoms. The van der Waals surface area contributed by atoms with E-state index in [4.69, 9.17) is 10.5 Å². The van der Waals surface area contributed by atoms with Gasteiger partial charge in [-0.3, -0.25) is 4.79 Å². The summed E-state index contributed by atoms with van der Waals surface area (Å²) in [5, 5.41) is 6.40. The number of fused-ring (bicyclic) bond motifs is 3. The first-order valence-corrected chi connectivity index (χ1v) is 9.08. The van der Waals surface area contributed by atoms with Gasteiger partial charge in [-0.25, -0.2) is 13.8 Å². The number of imidazole rings is 1. The lowest BCUT2D eigenvalue weighted by Crippen LogP contribution is -2.36. The molecule has 0 radical (unpaired) electrons. The van der Waals surface area contributed by atoms with E-state index in [2.05, 4.69) is 15.6 Å². The van der Waals surface area contributed by atoms with Crippen LogP contribution in [0.2, 0.25) is 0 Å². The number of ether oxygens (including phenoxy) is 1. The maximum Gasteiger partial charge on any atom is 0.260 e. The molecule has 0 saturated carbocycles. The van der Waals surface area contributed by atoms with Gasteiger partial charge in [0.1, 0.15) is 30.5 Å². The number of amides is 1. The normalized spacial score (nSPS) is 19.6. The Balaban J connectivity index is 1.65. The zero-order valence-corrected chi connectivity index (χ0v) is 15.4. The summed E-state index contributed by atoms with van der Waals surface area (Å²) in [6.45, 7) is 3.08. The molecule has 150 valence electrons. The van der Waals surface area contributed by atoms with E-state index in [1.807, 2.05) is 22.8 Å². The SMILES string of the molecule is C[C@H](Nc1ccc2c(c1)NCCn1cc(N3COC[C@H]3C(F)F)nc1-2)C(N)=O. The molecule has 1 aromatic carbocycles. The molecule has 4 rings (SSSR count). The number of primary amides is 1. The molecule has 4 N–H and O–H groups in total. The Labute approximate surface area is 160 Å². The van der Waals surface area contributed by atoms with Crippen LogP contribution in [0.3, 0.4) is 0 Å². The summed E-state index contributed by atoms with van der Waals surface area (Å²) in [6, 6.07) is 4.12. The van der Waals surface area contributed by atoms with Crippen LogP contribution in [0.15, 0.2) is 24.4 Å². The number of anilines is 3. The number of halogens is 2. The first kappa shape index (κ1) is 18.5. The number of nitrogens with one attached hydrogen (secondary N) is 2. The van der Waals surface area contributed by atoms with E-state index in [9.17, 15) is 13.6 Å². The van der Waals surface area contributed by atoms with Gasteiger partial charge in [0.25, 0.3) is 6.43 Å². The molecule has 2 atom stereocenters. The summed E-state index contributed by atoms with van der Waals surface area (Å²) in [5.41, 5.74) is 7.76. The largest absolute Gasteiger partial charge is 0.383 e. The van der Waals surface area contributed by atoms with Crippen molar-refractivity contribution in [2.75, 3.05) is 35.4 Å². The van der Waals surface area contributed by atoms with Crippen molar-refractivity contribution in [1.29, 1.82) is 0 Å². The second-order valence-electron chi connectivity index (χ2n) is 6.94. The number of hydrogen-bond acceptors (Lipinski definition) is 6. The molecule has 3 heterocycles. The van der Waals surface area contributed by atoms with E-state index in [0.29, 0.717) is 24.7 Å². The molecule has 1 aromatic heterocycles. The van der Waals surface area contributed by atoms with Crippen molar-refractivity contribution in [2.24, 2.45) is 5.73 Å². The van der Waals surface area contributed by atoms with Crippen LogP contribution in [0.4, 0.5) is 26.0 Å². The fourth-order valence-electron chi connectivity index (χ4n) is 3.44. The van der Waals surface area contributed by atoms with Crippen molar-refractivity contribution in [3.63, 3.8) is 0 Å². The van der Waals surface area contributed by atoms with Gasteiger partial charge in [-0.1, -0.05) is 0 Å². The van der Waals surface area contributed by atoms with Crippen LogP contribution < -0.4 is 21.3 Å². The summed E-state index contributed by atoms with van der Waals surface area (Å²) in [7, 11) is 0. The lowest BCUT2D eigenvalue weighted by molar-refractivity contribution is -0.118. The first-order chi connectivity index (χ1) is 13.4. The van der Waals surface area contributed by atoms with Crippen molar-refractivity contribution >= 4 is 23.1 Å². The van der Waals surface area contributed by atoms with E-state index in [-0.39, 0.29) is 13.3 Å². The molecule has 0 bridgehead atoms. The van der Waals surface area contributed by atoms with Gasteiger partial charge in [0, 0.05) is 36.2 Å². The molecular weight excluding hydrogens is 370 g/mol. The van der Waals surface area contributed by atoms with E-state index < -0.39 is 24.4 Å². The van der Waals surface area contributed by atoms with Gasteiger partial charge >= 0.3 is 0 Å². The zero-order valence-electron chi connectivity index (χ0n) is 15.4. The van der Waals surface area contributed by atoms with Crippen molar-refractivity contribution in [3.05, 3.63) is 24.4 Å². The topological polar surface area (TPSA) is 97.4 Å². The van der Waals surface area contributed by atoms with Crippen molar-refractivity contribution in [2.45, 2.75) is 32.0 Å². The van der Waals surface area contributed by atoms with Gasteiger partial charge in [-0.05, 0) is 25.1 Å². The van der Waals surface area contributed by atoms with Crippen molar-refractivity contribution in [3.8, 4) is 11.4 Å². The minimum absolute atomic E-state index is 0.00885. The molecule has 2 aromatic rings. The Morgan fingerprint density at radius 2 is 2.29 bits per heavy atom. The van der Waals surface area contributed by atoms with Gasteiger partial charge < -0.3 is 30.6 Å². The van der Waals surface area contributed by atoms with Crippen LogP contribution >= 0.6 is 0 Å². The molecule has 8 nitrogen and oxygen atoms in total. The summed E-state index contributed by atoms with van der Waals surface area (Å²) in [5.74, 6) is 0.740. The number of hydrogen-bond donors (Lipinski definition) is 3. The van der Waals surface area contributed by atoms with Gasteiger partial charge in [0.15, 0.2) is 0 Å². The quantitative estimate of drug-likeness (QED) is 0.717. The molecule has 0 spiro atoms.